The van der Waals surface area contributed by atoms with Crippen LogP contribution in [-0.4, -0.2) is 37.7 Å². The van der Waals surface area contributed by atoms with E-state index in [2.05, 4.69) is 4.74 Å². The fraction of sp³-hybridized carbons (Fsp3) is 0.800. The number of ketones is 2. The van der Waals surface area contributed by atoms with Crippen LogP contribution >= 0.6 is 0 Å². The summed E-state index contributed by atoms with van der Waals surface area (Å²) in [6.45, 7) is 0. The Kier molecular flexibility index (Phi) is 5.49. The molecule has 0 aromatic rings. The van der Waals surface area contributed by atoms with E-state index in [0.29, 0.717) is 37.4 Å². The van der Waals surface area contributed by atoms with Crippen LogP contribution in [-0.2, 0) is 28.7 Å². The first-order chi connectivity index (χ1) is 12.4. The van der Waals surface area contributed by atoms with E-state index in [4.69, 9.17) is 4.74 Å². The summed E-state index contributed by atoms with van der Waals surface area (Å²) in [5.41, 5.74) is -0.293. The Hall–Kier alpha value is -1.72. The predicted octanol–water partition coefficient (Wildman–Crippen LogP) is 2.47. The quantitative estimate of drug-likeness (QED) is 0.700. The first kappa shape index (κ1) is 19.1. The number of hydrogen-bond acceptors (Lipinski definition) is 6. The number of ether oxygens (including phenoxy) is 2. The minimum absolute atomic E-state index is 0.0299. The van der Waals surface area contributed by atoms with Crippen LogP contribution in [0.1, 0.15) is 57.8 Å². The molecule has 144 valence electrons. The Bertz CT molecular complexity index is 581. The van der Waals surface area contributed by atoms with Gasteiger partial charge in [0, 0.05) is 24.7 Å². The summed E-state index contributed by atoms with van der Waals surface area (Å²) >= 11 is 0. The van der Waals surface area contributed by atoms with E-state index in [1.54, 1.807) is 0 Å². The third kappa shape index (κ3) is 3.55. The van der Waals surface area contributed by atoms with Crippen molar-refractivity contribution in [3.8, 4) is 0 Å². The average molecular weight is 364 g/mol. The summed E-state index contributed by atoms with van der Waals surface area (Å²) in [7, 11) is 2.85. The third-order valence-corrected chi connectivity index (χ3v) is 6.69. The summed E-state index contributed by atoms with van der Waals surface area (Å²) in [6.07, 6.45) is 6.94. The Morgan fingerprint density at radius 2 is 1.50 bits per heavy atom. The van der Waals surface area contributed by atoms with Gasteiger partial charge in [0.15, 0.2) is 0 Å². The molecule has 6 nitrogen and oxygen atoms in total. The monoisotopic (exact) mass is 364 g/mol. The largest absolute Gasteiger partial charge is 0.469 e. The maximum Gasteiger partial charge on any atom is 0.311 e. The van der Waals surface area contributed by atoms with Crippen molar-refractivity contribution in [1.29, 1.82) is 0 Å². The summed E-state index contributed by atoms with van der Waals surface area (Å²) < 4.78 is 9.49. The molecule has 2 unspecified atom stereocenters. The van der Waals surface area contributed by atoms with Gasteiger partial charge in [-0.2, -0.15) is 0 Å². The first-order valence-corrected chi connectivity index (χ1v) is 9.60. The molecule has 0 aromatic carbocycles. The van der Waals surface area contributed by atoms with Gasteiger partial charge in [0.05, 0.1) is 25.6 Å². The summed E-state index contributed by atoms with van der Waals surface area (Å²) in [5, 5.41) is 0. The fourth-order valence-corrected chi connectivity index (χ4v) is 5.56. The Morgan fingerprint density at radius 3 is 2.00 bits per heavy atom. The maximum atomic E-state index is 11.9. The molecule has 0 amide bonds. The van der Waals surface area contributed by atoms with Gasteiger partial charge in [-0.1, -0.05) is 0 Å². The number of Topliss-reactive ketones (excluding diaryl/α,β-unsaturated/α-hetero) is 2. The first-order valence-electron chi connectivity index (χ1n) is 9.60. The lowest BCUT2D eigenvalue weighted by Crippen LogP contribution is -2.54. The minimum atomic E-state index is -0.293. The van der Waals surface area contributed by atoms with E-state index in [0.717, 1.165) is 32.1 Å². The number of carbonyl (C=O) groups excluding carboxylic acids is 4. The van der Waals surface area contributed by atoms with Gasteiger partial charge in [0.25, 0.3) is 0 Å². The molecule has 2 atom stereocenters. The highest BCUT2D eigenvalue weighted by Crippen LogP contribution is 2.58. The molecule has 5 saturated carbocycles. The molecule has 5 fully saturated rings. The molecule has 0 heterocycles. The highest BCUT2D eigenvalue weighted by Gasteiger charge is 2.58. The molecule has 0 aromatic heterocycles. The maximum absolute atomic E-state index is 11.9. The van der Waals surface area contributed by atoms with Crippen LogP contribution in [0.2, 0.25) is 0 Å². The molecule has 5 aliphatic carbocycles. The zero-order valence-corrected chi connectivity index (χ0v) is 15.6. The van der Waals surface area contributed by atoms with E-state index in [9.17, 15) is 19.2 Å². The zero-order chi connectivity index (χ0) is 18.9. The number of esters is 2. The highest BCUT2D eigenvalue weighted by molar-refractivity contribution is 5.89. The van der Waals surface area contributed by atoms with Crippen LogP contribution in [0, 0.1) is 29.1 Å². The van der Waals surface area contributed by atoms with Crippen LogP contribution in [0.3, 0.4) is 0 Å². The molecule has 0 N–H and O–H groups in total. The van der Waals surface area contributed by atoms with Crippen LogP contribution in [0.5, 0.6) is 0 Å². The zero-order valence-electron chi connectivity index (χ0n) is 15.6. The molecule has 0 spiro atoms. The van der Waals surface area contributed by atoms with E-state index >= 15 is 0 Å². The number of carbonyl (C=O) groups is 4. The van der Waals surface area contributed by atoms with Crippen molar-refractivity contribution in [2.45, 2.75) is 57.8 Å². The summed E-state index contributed by atoms with van der Waals surface area (Å²) in [6, 6.07) is 0. The van der Waals surface area contributed by atoms with Crippen LogP contribution in [0.15, 0.2) is 0 Å². The molecule has 4 bridgehead atoms. The molecular weight excluding hydrogens is 336 g/mol. The average Bonchev–Trinajstić information content (AvgIpc) is 2.65. The third-order valence-electron chi connectivity index (χ3n) is 6.69. The normalized spacial score (nSPS) is 35.5. The Morgan fingerprint density at radius 1 is 0.923 bits per heavy atom. The van der Waals surface area contributed by atoms with Crippen LogP contribution < -0.4 is 0 Å². The second-order valence-corrected chi connectivity index (χ2v) is 8.35. The van der Waals surface area contributed by atoms with Gasteiger partial charge in [-0.25, -0.2) is 0 Å². The molecule has 6 heteroatoms. The van der Waals surface area contributed by atoms with E-state index in [1.807, 2.05) is 0 Å². The van der Waals surface area contributed by atoms with Gasteiger partial charge >= 0.3 is 11.9 Å². The lowest BCUT2D eigenvalue weighted by molar-refractivity contribution is -0.172. The molecule has 0 saturated heterocycles. The minimum Gasteiger partial charge on any atom is -0.469 e. The van der Waals surface area contributed by atoms with Gasteiger partial charge in [0.2, 0.25) is 0 Å². The number of rotatable bonds is 2. The second kappa shape index (κ2) is 7.49. The van der Waals surface area contributed by atoms with Crippen molar-refractivity contribution in [3.63, 3.8) is 0 Å². The Labute approximate surface area is 154 Å². The molecule has 5 rings (SSSR count). The summed E-state index contributed by atoms with van der Waals surface area (Å²) in [4.78, 5) is 45.4. The van der Waals surface area contributed by atoms with Gasteiger partial charge in [-0.3, -0.25) is 19.2 Å². The number of hydrogen-bond donors (Lipinski definition) is 0. The molecular formula is C20H28O6. The van der Waals surface area contributed by atoms with Crippen molar-refractivity contribution in [2.24, 2.45) is 29.1 Å². The summed E-state index contributed by atoms with van der Waals surface area (Å²) in [5.74, 6) is 1.34. The van der Waals surface area contributed by atoms with Crippen molar-refractivity contribution >= 4 is 23.5 Å². The smallest absolute Gasteiger partial charge is 0.311 e. The van der Waals surface area contributed by atoms with Crippen molar-refractivity contribution in [2.75, 3.05) is 14.2 Å². The van der Waals surface area contributed by atoms with Crippen LogP contribution in [0.4, 0.5) is 0 Å². The van der Waals surface area contributed by atoms with Gasteiger partial charge < -0.3 is 9.47 Å². The van der Waals surface area contributed by atoms with Crippen LogP contribution in [0.25, 0.3) is 0 Å². The SMILES string of the molecule is COC(=O)C12CC3CC(C1)C(=O)C(C3)C2.COC(=O)C1CCC(=O)CC1. The molecule has 0 aliphatic heterocycles. The van der Waals surface area contributed by atoms with E-state index < -0.39 is 0 Å². The highest BCUT2D eigenvalue weighted by atomic mass is 16.5. The van der Waals surface area contributed by atoms with E-state index in [-0.39, 0.29) is 40.9 Å². The van der Waals surface area contributed by atoms with Gasteiger partial charge in [0.1, 0.15) is 11.6 Å². The lowest BCUT2D eigenvalue weighted by Gasteiger charge is -2.53. The molecule has 26 heavy (non-hydrogen) atoms. The van der Waals surface area contributed by atoms with Gasteiger partial charge in [-0.15, -0.1) is 0 Å². The van der Waals surface area contributed by atoms with Crippen molar-refractivity contribution < 1.29 is 28.7 Å². The van der Waals surface area contributed by atoms with Gasteiger partial charge in [-0.05, 0) is 50.9 Å². The molecule has 0 radical (unpaired) electrons. The standard InChI is InChI=1S/C12H16O3.C8H12O3/c1-15-11(14)12-4-7-2-8(5-12)10(13)9(3-7)6-12;1-11-8(10)6-2-4-7(9)5-3-6/h7-9H,2-6H2,1H3;6H,2-5H2,1H3. The van der Waals surface area contributed by atoms with E-state index in [1.165, 1.54) is 14.2 Å². The van der Waals surface area contributed by atoms with Crippen molar-refractivity contribution in [3.05, 3.63) is 0 Å². The Balaban J connectivity index is 0.000000160. The predicted molar refractivity (Wildman–Crippen MR) is 92.0 cm³/mol. The lowest BCUT2D eigenvalue weighted by atomic mass is 9.49. The molecule has 5 aliphatic rings. The second-order valence-electron chi connectivity index (χ2n) is 8.35. The number of methoxy groups -OCH3 is 2. The fourth-order valence-electron chi connectivity index (χ4n) is 5.56. The van der Waals surface area contributed by atoms with Crippen molar-refractivity contribution in [1.82, 2.24) is 0 Å². The topological polar surface area (TPSA) is 86.7 Å².